The fourth-order valence-corrected chi connectivity index (χ4v) is 2.26. The highest BCUT2D eigenvalue weighted by Gasteiger charge is 2.07. The lowest BCUT2D eigenvalue weighted by atomic mass is 10.1. The molecule has 0 heterocycles. The first kappa shape index (κ1) is 14.1. The van der Waals surface area contributed by atoms with Crippen LogP contribution in [0.4, 0.5) is 0 Å². The molecule has 0 aliphatic carbocycles. The second-order valence-corrected chi connectivity index (χ2v) is 5.16. The average Bonchev–Trinajstić information content (AvgIpc) is 2.36. The number of hydrogen-bond acceptors (Lipinski definition) is 1. The van der Waals surface area contributed by atoms with Gasteiger partial charge in [-0.2, -0.15) is 0 Å². The van der Waals surface area contributed by atoms with Crippen LogP contribution in [0.15, 0.2) is 48.5 Å². The van der Waals surface area contributed by atoms with E-state index in [1.807, 2.05) is 12.1 Å². The Morgan fingerprint density at radius 1 is 0.947 bits per heavy atom. The van der Waals surface area contributed by atoms with Crippen LogP contribution in [0.2, 0.25) is 15.1 Å². The summed E-state index contributed by atoms with van der Waals surface area (Å²) in [5.74, 6) is -0.179. The molecular weight excluding hydrogens is 303 g/mol. The van der Waals surface area contributed by atoms with Gasteiger partial charge in [-0.25, -0.2) is 0 Å². The van der Waals surface area contributed by atoms with Crippen LogP contribution in [0.3, 0.4) is 0 Å². The molecule has 0 amide bonds. The van der Waals surface area contributed by atoms with Crippen molar-refractivity contribution < 1.29 is 4.79 Å². The van der Waals surface area contributed by atoms with E-state index in [2.05, 4.69) is 0 Å². The Morgan fingerprint density at radius 3 is 2.37 bits per heavy atom. The van der Waals surface area contributed by atoms with Crippen molar-refractivity contribution in [2.45, 2.75) is 0 Å². The van der Waals surface area contributed by atoms with Gasteiger partial charge in [0.05, 0.1) is 5.02 Å². The minimum Gasteiger partial charge on any atom is -0.289 e. The maximum Gasteiger partial charge on any atom is 0.187 e. The molecule has 0 spiro atoms. The molecule has 96 valence electrons. The third-order valence-corrected chi connectivity index (χ3v) is 3.26. The van der Waals surface area contributed by atoms with E-state index in [9.17, 15) is 4.79 Å². The first-order chi connectivity index (χ1) is 9.06. The highest BCUT2D eigenvalue weighted by atomic mass is 35.5. The van der Waals surface area contributed by atoms with Crippen molar-refractivity contribution in [2.75, 3.05) is 0 Å². The van der Waals surface area contributed by atoms with E-state index in [0.717, 1.165) is 5.56 Å². The fraction of sp³-hybridized carbons (Fsp3) is 0. The zero-order chi connectivity index (χ0) is 13.8. The zero-order valence-electron chi connectivity index (χ0n) is 9.74. The van der Waals surface area contributed by atoms with Crippen LogP contribution >= 0.6 is 34.8 Å². The Labute approximate surface area is 126 Å². The van der Waals surface area contributed by atoms with E-state index in [-0.39, 0.29) is 5.78 Å². The number of carbonyl (C=O) groups excluding carboxylic acids is 1. The molecular formula is C15H9Cl3O. The molecule has 0 fully saturated rings. The molecule has 0 atom stereocenters. The summed E-state index contributed by atoms with van der Waals surface area (Å²) in [6.07, 6.45) is 3.15. The Hall–Kier alpha value is -1.28. The van der Waals surface area contributed by atoms with Gasteiger partial charge in [-0.05, 0) is 42.0 Å². The molecule has 2 aromatic rings. The summed E-state index contributed by atoms with van der Waals surface area (Å²) >= 11 is 17.6. The molecule has 0 saturated carbocycles. The van der Waals surface area contributed by atoms with Crippen LogP contribution in [0.5, 0.6) is 0 Å². The standard InChI is InChI=1S/C15H9Cl3O/c16-11-3-1-2-10(8-11)4-7-15(19)13-6-5-12(17)9-14(13)18/h1-9H. The Bertz CT molecular complexity index is 648. The maximum atomic E-state index is 12.0. The largest absolute Gasteiger partial charge is 0.289 e. The Balaban J connectivity index is 2.21. The van der Waals surface area contributed by atoms with Crippen LogP contribution in [-0.4, -0.2) is 5.78 Å². The predicted octanol–water partition coefficient (Wildman–Crippen LogP) is 5.54. The van der Waals surface area contributed by atoms with E-state index in [4.69, 9.17) is 34.8 Å². The van der Waals surface area contributed by atoms with E-state index in [1.165, 1.54) is 6.08 Å². The summed E-state index contributed by atoms with van der Waals surface area (Å²) in [5.41, 5.74) is 1.27. The van der Waals surface area contributed by atoms with E-state index < -0.39 is 0 Å². The molecule has 19 heavy (non-hydrogen) atoms. The summed E-state index contributed by atoms with van der Waals surface area (Å²) in [6, 6.07) is 12.0. The molecule has 0 radical (unpaired) electrons. The molecule has 4 heteroatoms. The van der Waals surface area contributed by atoms with Crippen molar-refractivity contribution in [3.63, 3.8) is 0 Å². The lowest BCUT2D eigenvalue weighted by Crippen LogP contribution is -1.95. The summed E-state index contributed by atoms with van der Waals surface area (Å²) < 4.78 is 0. The van der Waals surface area contributed by atoms with Crippen LogP contribution in [0, 0.1) is 0 Å². The van der Waals surface area contributed by atoms with Crippen LogP contribution in [0.25, 0.3) is 6.08 Å². The average molecular weight is 312 g/mol. The molecule has 0 aliphatic heterocycles. The van der Waals surface area contributed by atoms with Gasteiger partial charge in [0.25, 0.3) is 0 Å². The van der Waals surface area contributed by atoms with Gasteiger partial charge in [0.1, 0.15) is 0 Å². The normalized spacial score (nSPS) is 10.9. The van der Waals surface area contributed by atoms with Gasteiger partial charge in [-0.1, -0.05) is 53.0 Å². The number of benzene rings is 2. The molecule has 1 nitrogen and oxygen atoms in total. The molecule has 2 aromatic carbocycles. The van der Waals surface area contributed by atoms with Gasteiger partial charge in [0.2, 0.25) is 0 Å². The lowest BCUT2D eigenvalue weighted by Gasteiger charge is -2.00. The number of rotatable bonds is 3. The zero-order valence-corrected chi connectivity index (χ0v) is 12.0. The maximum absolute atomic E-state index is 12.0. The SMILES string of the molecule is O=C(C=Cc1cccc(Cl)c1)c1ccc(Cl)cc1Cl. The molecule has 0 saturated heterocycles. The monoisotopic (exact) mass is 310 g/mol. The highest BCUT2D eigenvalue weighted by molar-refractivity contribution is 6.37. The van der Waals surface area contributed by atoms with Crippen molar-refractivity contribution in [2.24, 2.45) is 0 Å². The van der Waals surface area contributed by atoms with Crippen molar-refractivity contribution in [3.05, 3.63) is 74.7 Å². The smallest absolute Gasteiger partial charge is 0.187 e. The highest BCUT2D eigenvalue weighted by Crippen LogP contribution is 2.22. The number of halogens is 3. The van der Waals surface area contributed by atoms with Gasteiger partial charge >= 0.3 is 0 Å². The van der Waals surface area contributed by atoms with Crippen molar-refractivity contribution in [1.29, 1.82) is 0 Å². The van der Waals surface area contributed by atoms with E-state index in [1.54, 1.807) is 36.4 Å². The summed E-state index contributed by atoms with van der Waals surface area (Å²) in [7, 11) is 0. The van der Waals surface area contributed by atoms with E-state index in [0.29, 0.717) is 20.6 Å². The molecule has 0 bridgehead atoms. The van der Waals surface area contributed by atoms with Gasteiger partial charge < -0.3 is 0 Å². The van der Waals surface area contributed by atoms with E-state index >= 15 is 0 Å². The predicted molar refractivity (Wildman–Crippen MR) is 81.3 cm³/mol. The Morgan fingerprint density at radius 2 is 1.68 bits per heavy atom. The van der Waals surface area contributed by atoms with Crippen molar-refractivity contribution >= 4 is 46.7 Å². The third-order valence-electron chi connectivity index (χ3n) is 2.47. The van der Waals surface area contributed by atoms with Crippen LogP contribution in [0.1, 0.15) is 15.9 Å². The van der Waals surface area contributed by atoms with Gasteiger partial charge in [-0.3, -0.25) is 4.79 Å². The molecule has 0 unspecified atom stereocenters. The quantitative estimate of drug-likeness (QED) is 0.537. The lowest BCUT2D eigenvalue weighted by molar-refractivity contribution is 0.104. The van der Waals surface area contributed by atoms with Crippen LogP contribution in [-0.2, 0) is 0 Å². The molecule has 2 rings (SSSR count). The minimum absolute atomic E-state index is 0.179. The Kier molecular flexibility index (Phi) is 4.65. The number of allylic oxidation sites excluding steroid dienone is 1. The number of ketones is 1. The second kappa shape index (κ2) is 6.25. The first-order valence-corrected chi connectivity index (χ1v) is 6.63. The number of carbonyl (C=O) groups is 1. The minimum atomic E-state index is -0.179. The molecule has 0 aliphatic rings. The first-order valence-electron chi connectivity index (χ1n) is 5.49. The van der Waals surface area contributed by atoms with Crippen LogP contribution < -0.4 is 0 Å². The molecule has 0 N–H and O–H groups in total. The topological polar surface area (TPSA) is 17.1 Å². The summed E-state index contributed by atoms with van der Waals surface area (Å²) in [4.78, 5) is 12.0. The summed E-state index contributed by atoms with van der Waals surface area (Å²) in [5, 5.41) is 1.47. The van der Waals surface area contributed by atoms with Gasteiger partial charge in [-0.15, -0.1) is 0 Å². The van der Waals surface area contributed by atoms with Gasteiger partial charge in [0, 0.05) is 15.6 Å². The molecule has 0 aromatic heterocycles. The summed E-state index contributed by atoms with van der Waals surface area (Å²) in [6.45, 7) is 0. The third kappa shape index (κ3) is 3.84. The van der Waals surface area contributed by atoms with Gasteiger partial charge in [0.15, 0.2) is 5.78 Å². The van der Waals surface area contributed by atoms with Crippen molar-refractivity contribution in [3.8, 4) is 0 Å². The number of hydrogen-bond donors (Lipinski definition) is 0. The fourth-order valence-electron chi connectivity index (χ4n) is 1.56. The second-order valence-electron chi connectivity index (χ2n) is 3.88. The van der Waals surface area contributed by atoms with Crippen molar-refractivity contribution in [1.82, 2.24) is 0 Å².